The molecule has 112 valence electrons. The average molecular weight is 279 g/mol. The van der Waals surface area contributed by atoms with Gasteiger partial charge in [-0.3, -0.25) is 0 Å². The van der Waals surface area contributed by atoms with Gasteiger partial charge in [0.05, 0.1) is 19.3 Å². The van der Waals surface area contributed by atoms with Gasteiger partial charge in [-0.15, -0.1) is 0 Å². The summed E-state index contributed by atoms with van der Waals surface area (Å²) in [6.07, 6.45) is 4.22. The van der Waals surface area contributed by atoms with Crippen LogP contribution in [-0.2, 0) is 4.74 Å². The van der Waals surface area contributed by atoms with Crippen molar-refractivity contribution in [2.45, 2.75) is 31.9 Å². The van der Waals surface area contributed by atoms with E-state index in [-0.39, 0.29) is 12.7 Å². The van der Waals surface area contributed by atoms with Crippen molar-refractivity contribution >= 4 is 5.82 Å². The fraction of sp³-hybridized carbons (Fsp3) is 0.667. The second kappa shape index (κ2) is 7.57. The number of piperidine rings is 1. The Bertz CT molecular complexity index is 389. The number of hydrogen-bond acceptors (Lipinski definition) is 5. The summed E-state index contributed by atoms with van der Waals surface area (Å²) in [5.41, 5.74) is 1.21. The number of anilines is 1. The van der Waals surface area contributed by atoms with Crippen molar-refractivity contribution in [3.05, 3.63) is 23.9 Å². The molecule has 20 heavy (non-hydrogen) atoms. The molecule has 0 saturated carbocycles. The van der Waals surface area contributed by atoms with E-state index in [4.69, 9.17) is 9.84 Å². The molecule has 1 saturated heterocycles. The van der Waals surface area contributed by atoms with Crippen molar-refractivity contribution < 1.29 is 9.84 Å². The molecule has 2 N–H and O–H groups in total. The minimum Gasteiger partial charge on any atom is -0.394 e. The highest BCUT2D eigenvalue weighted by atomic mass is 16.5. The third-order valence-electron chi connectivity index (χ3n) is 3.91. The number of nitrogens with zero attached hydrogens (tertiary/aromatic N) is 2. The molecule has 2 rings (SSSR count). The summed E-state index contributed by atoms with van der Waals surface area (Å²) in [5.74, 6) is 1.04. The number of pyridine rings is 1. The van der Waals surface area contributed by atoms with E-state index in [0.29, 0.717) is 12.6 Å². The van der Waals surface area contributed by atoms with Crippen molar-refractivity contribution in [3.63, 3.8) is 0 Å². The van der Waals surface area contributed by atoms with Crippen molar-refractivity contribution in [2.24, 2.45) is 0 Å². The average Bonchev–Trinajstić information content (AvgIpc) is 2.53. The van der Waals surface area contributed by atoms with E-state index in [0.717, 1.165) is 31.7 Å². The molecule has 1 atom stereocenters. The van der Waals surface area contributed by atoms with Crippen molar-refractivity contribution in [1.29, 1.82) is 0 Å². The van der Waals surface area contributed by atoms with Gasteiger partial charge in [0.1, 0.15) is 5.82 Å². The Morgan fingerprint density at radius 3 is 2.75 bits per heavy atom. The maximum absolute atomic E-state index is 8.77. The third kappa shape index (κ3) is 3.91. The number of nitrogens with one attached hydrogen (secondary N) is 1. The van der Waals surface area contributed by atoms with E-state index in [1.165, 1.54) is 5.56 Å². The van der Waals surface area contributed by atoms with Crippen LogP contribution in [0.15, 0.2) is 18.3 Å². The Kier molecular flexibility index (Phi) is 5.76. The lowest BCUT2D eigenvalue weighted by Crippen LogP contribution is -2.37. The molecular weight excluding hydrogens is 254 g/mol. The fourth-order valence-corrected chi connectivity index (χ4v) is 2.48. The number of aliphatic hydroxyl groups is 1. The molecule has 0 aromatic carbocycles. The van der Waals surface area contributed by atoms with Crippen LogP contribution in [0.1, 0.15) is 31.4 Å². The summed E-state index contributed by atoms with van der Waals surface area (Å²) in [7, 11) is 1.95. The Morgan fingerprint density at radius 2 is 2.20 bits per heavy atom. The highest BCUT2D eigenvalue weighted by Crippen LogP contribution is 2.21. The molecule has 1 aromatic heterocycles. The topological polar surface area (TPSA) is 57.6 Å². The molecular formula is C15H25N3O2. The normalized spacial score (nSPS) is 18.2. The van der Waals surface area contributed by atoms with E-state index < -0.39 is 0 Å². The second-order valence-electron chi connectivity index (χ2n) is 5.24. The number of rotatable bonds is 6. The van der Waals surface area contributed by atoms with Gasteiger partial charge in [0.15, 0.2) is 0 Å². The first-order valence-electron chi connectivity index (χ1n) is 7.35. The molecule has 1 aliphatic heterocycles. The maximum Gasteiger partial charge on any atom is 0.128 e. The lowest BCUT2D eigenvalue weighted by Gasteiger charge is -2.32. The van der Waals surface area contributed by atoms with Crippen LogP contribution >= 0.6 is 0 Å². The summed E-state index contributed by atoms with van der Waals surface area (Å²) in [5, 5.41) is 12.0. The molecule has 0 bridgehead atoms. The van der Waals surface area contributed by atoms with Crippen LogP contribution in [0.25, 0.3) is 0 Å². The van der Waals surface area contributed by atoms with Crippen LogP contribution in [0.4, 0.5) is 5.82 Å². The van der Waals surface area contributed by atoms with E-state index >= 15 is 0 Å². The molecule has 1 aromatic rings. The summed E-state index contributed by atoms with van der Waals surface area (Å²) >= 11 is 0. The van der Waals surface area contributed by atoms with Crippen molar-refractivity contribution in [1.82, 2.24) is 10.3 Å². The van der Waals surface area contributed by atoms with E-state index in [1.54, 1.807) is 0 Å². The van der Waals surface area contributed by atoms with Crippen LogP contribution < -0.4 is 10.2 Å². The van der Waals surface area contributed by atoms with Gasteiger partial charge in [-0.2, -0.15) is 0 Å². The quantitative estimate of drug-likeness (QED) is 0.823. The maximum atomic E-state index is 8.77. The van der Waals surface area contributed by atoms with Gasteiger partial charge in [-0.25, -0.2) is 4.98 Å². The lowest BCUT2D eigenvalue weighted by atomic mass is 10.1. The zero-order valence-electron chi connectivity index (χ0n) is 12.4. The molecule has 0 radical (unpaired) electrons. The van der Waals surface area contributed by atoms with Gasteiger partial charge >= 0.3 is 0 Å². The predicted molar refractivity (Wildman–Crippen MR) is 80.0 cm³/mol. The molecule has 0 aliphatic carbocycles. The van der Waals surface area contributed by atoms with Gasteiger partial charge in [0, 0.05) is 25.3 Å². The van der Waals surface area contributed by atoms with Crippen LogP contribution in [0.2, 0.25) is 0 Å². The lowest BCUT2D eigenvalue weighted by molar-refractivity contribution is 0.0158. The first-order valence-corrected chi connectivity index (χ1v) is 7.35. The van der Waals surface area contributed by atoms with Crippen LogP contribution in [0.3, 0.4) is 0 Å². The minimum absolute atomic E-state index is 0.104. The standard InChI is InChI=1S/C15H25N3O2/c1-12(16-2)13-3-4-15(17-11-13)18-7-5-14(6-8-18)20-10-9-19/h3-4,11-12,14,16,19H,5-10H2,1-2H3. The van der Waals surface area contributed by atoms with Gasteiger partial charge in [-0.05, 0) is 38.4 Å². The Labute approximate surface area is 121 Å². The van der Waals surface area contributed by atoms with Crippen molar-refractivity contribution in [2.75, 3.05) is 38.3 Å². The van der Waals surface area contributed by atoms with E-state index in [2.05, 4.69) is 34.3 Å². The van der Waals surface area contributed by atoms with E-state index in [9.17, 15) is 0 Å². The summed E-state index contributed by atoms with van der Waals surface area (Å²) in [4.78, 5) is 6.86. The number of hydrogen-bond donors (Lipinski definition) is 2. The fourth-order valence-electron chi connectivity index (χ4n) is 2.48. The smallest absolute Gasteiger partial charge is 0.128 e. The molecule has 2 heterocycles. The summed E-state index contributed by atoms with van der Waals surface area (Å²) < 4.78 is 5.58. The van der Waals surface area contributed by atoms with Gasteiger partial charge in [-0.1, -0.05) is 6.07 Å². The zero-order chi connectivity index (χ0) is 14.4. The number of ether oxygens (including phenoxy) is 1. The molecule has 5 heteroatoms. The minimum atomic E-state index is 0.104. The monoisotopic (exact) mass is 279 g/mol. The number of aromatic nitrogens is 1. The predicted octanol–water partition coefficient (Wildman–Crippen LogP) is 1.34. The Morgan fingerprint density at radius 1 is 1.45 bits per heavy atom. The highest BCUT2D eigenvalue weighted by Gasteiger charge is 2.20. The Hall–Kier alpha value is -1.17. The van der Waals surface area contributed by atoms with Gasteiger partial charge in [0.25, 0.3) is 0 Å². The van der Waals surface area contributed by atoms with E-state index in [1.807, 2.05) is 13.2 Å². The first kappa shape index (κ1) is 15.2. The molecule has 0 amide bonds. The zero-order valence-corrected chi connectivity index (χ0v) is 12.4. The van der Waals surface area contributed by atoms with Gasteiger partial charge in [0.2, 0.25) is 0 Å². The molecule has 1 unspecified atom stereocenters. The largest absolute Gasteiger partial charge is 0.394 e. The first-order chi connectivity index (χ1) is 9.74. The second-order valence-corrected chi connectivity index (χ2v) is 5.24. The molecule has 0 spiro atoms. The molecule has 1 fully saturated rings. The third-order valence-corrected chi connectivity index (χ3v) is 3.91. The number of aliphatic hydroxyl groups excluding tert-OH is 1. The molecule has 5 nitrogen and oxygen atoms in total. The Balaban J connectivity index is 1.87. The summed E-state index contributed by atoms with van der Waals surface area (Å²) in [6, 6.07) is 4.56. The van der Waals surface area contributed by atoms with Crippen LogP contribution in [0, 0.1) is 0 Å². The van der Waals surface area contributed by atoms with Gasteiger partial charge < -0.3 is 20.1 Å². The van der Waals surface area contributed by atoms with Crippen LogP contribution in [0.5, 0.6) is 0 Å². The summed E-state index contributed by atoms with van der Waals surface area (Å²) in [6.45, 7) is 4.60. The van der Waals surface area contributed by atoms with Crippen LogP contribution in [-0.4, -0.2) is 49.5 Å². The van der Waals surface area contributed by atoms with Crippen molar-refractivity contribution in [3.8, 4) is 0 Å². The molecule has 1 aliphatic rings. The highest BCUT2D eigenvalue weighted by molar-refractivity contribution is 5.40. The SMILES string of the molecule is CNC(C)c1ccc(N2CCC(OCCO)CC2)nc1.